The molecule has 298 valence electrons. The summed E-state index contributed by atoms with van der Waals surface area (Å²) in [7, 11) is 0. The van der Waals surface area contributed by atoms with Crippen LogP contribution in [0.15, 0.2) is 147 Å². The van der Waals surface area contributed by atoms with Gasteiger partial charge >= 0.3 is 0 Å². The van der Waals surface area contributed by atoms with Crippen molar-refractivity contribution in [3.05, 3.63) is 169 Å². The van der Waals surface area contributed by atoms with Gasteiger partial charge in [-0.15, -0.1) is 19.7 Å². The van der Waals surface area contributed by atoms with Crippen molar-refractivity contribution in [3.63, 3.8) is 0 Å². The molecule has 4 aromatic carbocycles. The zero-order chi connectivity index (χ0) is 39.4. The van der Waals surface area contributed by atoms with Crippen LogP contribution in [-0.4, -0.2) is 0 Å². The highest BCUT2D eigenvalue weighted by atomic mass is 14.3. The lowest BCUT2D eigenvalue weighted by atomic mass is 9.78. The van der Waals surface area contributed by atoms with Crippen LogP contribution in [-0.2, 0) is 0 Å². The average Bonchev–Trinajstić information content (AvgIpc) is 3.30. The van der Waals surface area contributed by atoms with Crippen molar-refractivity contribution < 1.29 is 0 Å². The quantitative estimate of drug-likeness (QED) is 0.141. The molecule has 8 rings (SSSR count). The topological polar surface area (TPSA) is 0 Å². The Morgan fingerprint density at radius 2 is 0.526 bits per heavy atom. The number of hydrogen-bond acceptors (Lipinski definition) is 0. The predicted molar refractivity (Wildman–Crippen MR) is 248 cm³/mol. The lowest BCUT2D eigenvalue weighted by Crippen LogP contribution is -2.11. The molecule has 0 aromatic heterocycles. The minimum absolute atomic E-state index is 0.735. The summed E-state index contributed by atoms with van der Waals surface area (Å²) in [6.45, 7) is 14.0. The molecule has 4 aromatic rings. The number of hydrogen-bond donors (Lipinski definition) is 0. The third kappa shape index (κ3) is 10.9. The van der Waals surface area contributed by atoms with Gasteiger partial charge in [0.15, 0.2) is 0 Å². The van der Waals surface area contributed by atoms with Crippen molar-refractivity contribution >= 4 is 0 Å². The molecule has 0 radical (unpaired) electrons. The Balaban J connectivity index is 0.000000174. The molecule has 4 fully saturated rings. The monoisotopic (exact) mass is 755 g/mol. The van der Waals surface area contributed by atoms with Gasteiger partial charge < -0.3 is 0 Å². The summed E-state index contributed by atoms with van der Waals surface area (Å²) < 4.78 is 0. The predicted octanol–water partition coefficient (Wildman–Crippen LogP) is 16.9. The first kappa shape index (κ1) is 41.0. The normalized spacial score (nSPS) is 27.8. The summed E-state index contributed by atoms with van der Waals surface area (Å²) >= 11 is 0. The van der Waals surface area contributed by atoms with Crippen LogP contribution in [0, 0.1) is 23.7 Å². The zero-order valence-electron chi connectivity index (χ0n) is 35.2. The summed E-state index contributed by atoms with van der Waals surface area (Å²) in [5, 5.41) is 0. The molecule has 0 saturated heterocycles. The van der Waals surface area contributed by atoms with Crippen molar-refractivity contribution in [2.24, 2.45) is 23.7 Å². The SMILES string of the molecule is C=CC1CCC(c2ccc(-c3ccc(C4CCC(/C=C/C)CC4)cc3)cc2)CC1.C=CC1CCC(c2ccc(-c3ccc(C4CCC(C=C)CC4)cc3)cc2)CC1. The second kappa shape index (κ2) is 20.5. The maximum absolute atomic E-state index is 3.97. The van der Waals surface area contributed by atoms with E-state index < -0.39 is 0 Å². The van der Waals surface area contributed by atoms with Crippen LogP contribution >= 0.6 is 0 Å². The first-order valence-corrected chi connectivity index (χ1v) is 22.9. The van der Waals surface area contributed by atoms with E-state index in [-0.39, 0.29) is 0 Å². The third-order valence-electron chi connectivity index (χ3n) is 14.7. The summed E-state index contributed by atoms with van der Waals surface area (Å²) in [6.07, 6.45) is 32.0. The molecular formula is C57H70. The van der Waals surface area contributed by atoms with E-state index in [1.54, 1.807) is 0 Å². The van der Waals surface area contributed by atoms with Crippen LogP contribution in [0.3, 0.4) is 0 Å². The minimum atomic E-state index is 0.735. The Hall–Kier alpha value is -4.16. The van der Waals surface area contributed by atoms with Gasteiger partial charge in [-0.3, -0.25) is 0 Å². The maximum Gasteiger partial charge on any atom is -0.0162 e. The molecule has 4 aliphatic carbocycles. The van der Waals surface area contributed by atoms with Gasteiger partial charge in [0.2, 0.25) is 0 Å². The van der Waals surface area contributed by atoms with E-state index in [0.29, 0.717) is 0 Å². The molecule has 0 nitrogen and oxygen atoms in total. The average molecular weight is 755 g/mol. The van der Waals surface area contributed by atoms with Gasteiger partial charge in [0, 0.05) is 0 Å². The van der Waals surface area contributed by atoms with Gasteiger partial charge in [-0.25, -0.2) is 0 Å². The Bertz CT molecular complexity index is 1770. The van der Waals surface area contributed by atoms with Crippen LogP contribution in [0.5, 0.6) is 0 Å². The van der Waals surface area contributed by atoms with Gasteiger partial charge in [0.1, 0.15) is 0 Å². The molecular weight excluding hydrogens is 685 g/mol. The molecule has 0 heterocycles. The molecule has 4 saturated carbocycles. The van der Waals surface area contributed by atoms with Gasteiger partial charge in [0.25, 0.3) is 0 Å². The number of rotatable bonds is 10. The highest BCUT2D eigenvalue weighted by Crippen LogP contribution is 2.41. The highest BCUT2D eigenvalue weighted by molar-refractivity contribution is 5.65. The number of benzene rings is 4. The maximum atomic E-state index is 3.97. The molecule has 0 aliphatic heterocycles. The van der Waals surface area contributed by atoms with E-state index in [9.17, 15) is 0 Å². The van der Waals surface area contributed by atoms with Crippen molar-refractivity contribution in [2.45, 2.75) is 133 Å². The fourth-order valence-corrected chi connectivity index (χ4v) is 10.8. The third-order valence-corrected chi connectivity index (χ3v) is 14.7. The molecule has 0 atom stereocenters. The fraction of sp³-hybridized carbons (Fsp3) is 0.439. The summed E-state index contributed by atoms with van der Waals surface area (Å²) in [5.74, 6) is 5.97. The lowest BCUT2D eigenvalue weighted by molar-refractivity contribution is 0.376. The first-order chi connectivity index (χ1) is 28.0. The lowest BCUT2D eigenvalue weighted by Gasteiger charge is -2.27. The van der Waals surface area contributed by atoms with E-state index in [1.807, 2.05) is 0 Å². The first-order valence-electron chi connectivity index (χ1n) is 22.9. The standard InChI is InChI=1S/C29H36.C28H34/c1-3-5-23-8-12-25(13-9-23)27-16-20-29(21-17-27)28-18-14-26(15-19-28)24-10-6-22(4-2)7-11-24;1-3-21-5-9-23(10-6-21)25-13-17-27(18-14-25)28-19-15-26(16-20-28)24-11-7-22(4-2)8-12-24/h3-5,14-25H,2,6-13H2,1H3;3-4,13-24H,1-2,5-12H2/b5-3+;. The Labute approximate surface area is 347 Å². The summed E-state index contributed by atoms with van der Waals surface area (Å²) in [4.78, 5) is 0. The smallest absolute Gasteiger partial charge is 0.0162 e. The number of allylic oxidation sites excluding steroid dienone is 5. The Kier molecular flexibility index (Phi) is 14.8. The second-order valence-corrected chi connectivity index (χ2v) is 18.2. The van der Waals surface area contributed by atoms with Crippen LogP contribution in [0.25, 0.3) is 22.3 Å². The van der Waals surface area contributed by atoms with Crippen molar-refractivity contribution in [3.8, 4) is 22.3 Å². The fourth-order valence-electron chi connectivity index (χ4n) is 10.8. The van der Waals surface area contributed by atoms with Crippen molar-refractivity contribution in [1.29, 1.82) is 0 Å². The van der Waals surface area contributed by atoms with Gasteiger partial charge in [-0.05, 0) is 202 Å². The molecule has 0 spiro atoms. The molecule has 4 aliphatic rings. The van der Waals surface area contributed by atoms with E-state index in [2.05, 4.69) is 154 Å². The van der Waals surface area contributed by atoms with Crippen LogP contribution < -0.4 is 0 Å². The molecule has 0 unspecified atom stereocenters. The summed E-state index contributed by atoms with van der Waals surface area (Å²) in [5.41, 5.74) is 11.4. The molecule has 0 heteroatoms. The van der Waals surface area contributed by atoms with Crippen molar-refractivity contribution in [2.75, 3.05) is 0 Å². The van der Waals surface area contributed by atoms with Gasteiger partial charge in [-0.1, -0.05) is 127 Å². The summed E-state index contributed by atoms with van der Waals surface area (Å²) in [6, 6.07) is 37.5. The Morgan fingerprint density at radius 3 is 0.719 bits per heavy atom. The van der Waals surface area contributed by atoms with Crippen LogP contribution in [0.2, 0.25) is 0 Å². The highest BCUT2D eigenvalue weighted by Gasteiger charge is 2.24. The second-order valence-electron chi connectivity index (χ2n) is 18.2. The van der Waals surface area contributed by atoms with E-state index in [1.165, 1.54) is 147 Å². The van der Waals surface area contributed by atoms with E-state index in [0.717, 1.165) is 47.3 Å². The Morgan fingerprint density at radius 1 is 0.316 bits per heavy atom. The largest absolute Gasteiger partial charge is 0.103 e. The molecule has 57 heavy (non-hydrogen) atoms. The molecule has 0 N–H and O–H groups in total. The van der Waals surface area contributed by atoms with Crippen LogP contribution in [0.4, 0.5) is 0 Å². The van der Waals surface area contributed by atoms with E-state index >= 15 is 0 Å². The molecule has 0 bridgehead atoms. The van der Waals surface area contributed by atoms with Gasteiger partial charge in [-0.2, -0.15) is 0 Å². The van der Waals surface area contributed by atoms with E-state index in [4.69, 9.17) is 0 Å². The zero-order valence-corrected chi connectivity index (χ0v) is 35.2. The molecule has 0 amide bonds. The van der Waals surface area contributed by atoms with Gasteiger partial charge in [0.05, 0.1) is 0 Å². The van der Waals surface area contributed by atoms with Crippen molar-refractivity contribution in [1.82, 2.24) is 0 Å². The van der Waals surface area contributed by atoms with Crippen LogP contribution in [0.1, 0.15) is 156 Å². The minimum Gasteiger partial charge on any atom is -0.103 e.